The number of methoxy groups -OCH3 is 1. The molecule has 29 heavy (non-hydrogen) atoms. The van der Waals surface area contributed by atoms with Gasteiger partial charge in [0, 0.05) is 49.8 Å². The highest BCUT2D eigenvalue weighted by molar-refractivity contribution is 6.05. The molecule has 2 aromatic rings. The van der Waals surface area contributed by atoms with Gasteiger partial charge in [0.2, 0.25) is 5.91 Å². The molecule has 8 nitrogen and oxygen atoms in total. The Morgan fingerprint density at radius 1 is 1.21 bits per heavy atom. The highest BCUT2D eigenvalue weighted by atomic mass is 16.5. The third-order valence-electron chi connectivity index (χ3n) is 4.46. The molecule has 2 N–H and O–H groups in total. The summed E-state index contributed by atoms with van der Waals surface area (Å²) in [4.78, 5) is 28.5. The van der Waals surface area contributed by atoms with Gasteiger partial charge in [-0.05, 0) is 24.3 Å². The van der Waals surface area contributed by atoms with Crippen LogP contribution in [0.1, 0.15) is 36.0 Å². The molecule has 8 heteroatoms. The Bertz CT molecular complexity index is 960. The zero-order valence-electron chi connectivity index (χ0n) is 16.0. The zero-order chi connectivity index (χ0) is 20.7. The predicted molar refractivity (Wildman–Crippen MR) is 109 cm³/mol. The van der Waals surface area contributed by atoms with E-state index in [1.54, 1.807) is 36.5 Å². The fourth-order valence-electron chi connectivity index (χ4n) is 2.77. The molecule has 0 aliphatic carbocycles. The average molecular weight is 391 g/mol. The van der Waals surface area contributed by atoms with E-state index in [-0.39, 0.29) is 18.2 Å². The summed E-state index contributed by atoms with van der Waals surface area (Å²) in [7, 11) is 1.49. The normalized spacial score (nSPS) is 13.2. The number of rotatable bonds is 9. The van der Waals surface area contributed by atoms with Gasteiger partial charge in [-0.2, -0.15) is 10.2 Å². The van der Waals surface area contributed by atoms with E-state index in [0.29, 0.717) is 42.0 Å². The molecule has 0 unspecified atom stereocenters. The van der Waals surface area contributed by atoms with Crippen molar-refractivity contribution in [3.05, 3.63) is 48.3 Å². The van der Waals surface area contributed by atoms with Gasteiger partial charge in [-0.1, -0.05) is 0 Å². The molecule has 0 spiro atoms. The first kappa shape index (κ1) is 20.0. The summed E-state index contributed by atoms with van der Waals surface area (Å²) < 4.78 is 5.34. The number of amides is 2. The number of hydrogen-bond acceptors (Lipinski definition) is 6. The molecular formula is C21H21N5O3. The summed E-state index contributed by atoms with van der Waals surface area (Å²) >= 11 is 0. The molecule has 0 bridgehead atoms. The molecule has 0 radical (unpaired) electrons. The largest absolute Gasteiger partial charge is 0.494 e. The van der Waals surface area contributed by atoms with Crippen molar-refractivity contribution in [2.24, 2.45) is 10.2 Å². The Morgan fingerprint density at radius 3 is 2.69 bits per heavy atom. The van der Waals surface area contributed by atoms with E-state index in [0.717, 1.165) is 0 Å². The van der Waals surface area contributed by atoms with Crippen LogP contribution in [0.4, 0.5) is 11.4 Å². The van der Waals surface area contributed by atoms with Crippen LogP contribution in [-0.2, 0) is 4.79 Å². The maximum atomic E-state index is 12.3. The SMILES string of the molecule is C#CCCC1(CCC(=O)Nc2ccc(NC(=O)c3cccnc3)c(OC)c2)N=N1. The van der Waals surface area contributed by atoms with Crippen LogP contribution in [0.2, 0.25) is 0 Å². The van der Waals surface area contributed by atoms with Crippen molar-refractivity contribution in [2.45, 2.75) is 31.3 Å². The number of terminal acetylenes is 1. The van der Waals surface area contributed by atoms with E-state index in [1.165, 1.54) is 13.3 Å². The lowest BCUT2D eigenvalue weighted by atomic mass is 10.0. The quantitative estimate of drug-likeness (QED) is 0.637. The first-order chi connectivity index (χ1) is 14.0. The van der Waals surface area contributed by atoms with Gasteiger partial charge in [-0.25, -0.2) is 0 Å². The number of nitrogens with zero attached hydrogens (tertiary/aromatic N) is 3. The minimum atomic E-state index is -0.484. The summed E-state index contributed by atoms with van der Waals surface area (Å²) in [5, 5.41) is 13.6. The van der Waals surface area contributed by atoms with Gasteiger partial charge < -0.3 is 15.4 Å². The number of carbonyl (C=O) groups excluding carboxylic acids is 2. The van der Waals surface area contributed by atoms with Gasteiger partial charge in [0.25, 0.3) is 5.91 Å². The smallest absolute Gasteiger partial charge is 0.257 e. The molecule has 0 atom stereocenters. The number of ether oxygens (including phenoxy) is 1. The van der Waals surface area contributed by atoms with E-state index in [1.807, 2.05) is 0 Å². The Balaban J connectivity index is 1.58. The summed E-state index contributed by atoms with van der Waals surface area (Å²) in [6.45, 7) is 0. The van der Waals surface area contributed by atoms with Crippen LogP contribution < -0.4 is 15.4 Å². The number of nitrogens with one attached hydrogen (secondary N) is 2. The number of pyridine rings is 1. The van der Waals surface area contributed by atoms with E-state index < -0.39 is 5.66 Å². The van der Waals surface area contributed by atoms with Crippen molar-refractivity contribution >= 4 is 23.2 Å². The Labute approximate surface area is 168 Å². The molecule has 0 saturated carbocycles. The number of anilines is 2. The van der Waals surface area contributed by atoms with Crippen molar-refractivity contribution in [1.82, 2.24) is 4.98 Å². The second-order valence-corrected chi connectivity index (χ2v) is 6.55. The monoisotopic (exact) mass is 391 g/mol. The van der Waals surface area contributed by atoms with Crippen LogP contribution in [0.25, 0.3) is 0 Å². The van der Waals surface area contributed by atoms with Crippen molar-refractivity contribution in [3.63, 3.8) is 0 Å². The van der Waals surface area contributed by atoms with E-state index in [4.69, 9.17) is 11.2 Å². The highest BCUT2D eigenvalue weighted by Gasteiger charge is 2.39. The molecule has 0 saturated heterocycles. The number of benzene rings is 1. The topological polar surface area (TPSA) is 105 Å². The lowest BCUT2D eigenvalue weighted by Gasteiger charge is -2.13. The minimum Gasteiger partial charge on any atom is -0.494 e. The van der Waals surface area contributed by atoms with Gasteiger partial charge >= 0.3 is 0 Å². The lowest BCUT2D eigenvalue weighted by Crippen LogP contribution is -2.18. The number of aromatic nitrogens is 1. The zero-order valence-corrected chi connectivity index (χ0v) is 16.0. The second kappa shape index (κ2) is 8.97. The number of hydrogen-bond donors (Lipinski definition) is 2. The fraction of sp³-hybridized carbons (Fsp3) is 0.286. The van der Waals surface area contributed by atoms with Crippen LogP contribution in [-0.4, -0.2) is 29.6 Å². The fourth-order valence-corrected chi connectivity index (χ4v) is 2.77. The first-order valence-electron chi connectivity index (χ1n) is 9.12. The Morgan fingerprint density at radius 2 is 2.03 bits per heavy atom. The molecule has 148 valence electrons. The molecule has 2 heterocycles. The predicted octanol–water partition coefficient (Wildman–Crippen LogP) is 3.64. The van der Waals surface area contributed by atoms with Crippen LogP contribution in [0.5, 0.6) is 5.75 Å². The summed E-state index contributed by atoms with van der Waals surface area (Å²) in [5.41, 5.74) is 1.00. The number of carbonyl (C=O) groups is 2. The average Bonchev–Trinajstić information content (AvgIpc) is 3.52. The van der Waals surface area contributed by atoms with Gasteiger partial charge in [-0.3, -0.25) is 14.6 Å². The van der Waals surface area contributed by atoms with Crippen molar-refractivity contribution in [3.8, 4) is 18.1 Å². The molecule has 3 rings (SSSR count). The molecular weight excluding hydrogens is 370 g/mol. The van der Waals surface area contributed by atoms with Crippen molar-refractivity contribution in [1.29, 1.82) is 0 Å². The molecule has 1 aliphatic rings. The van der Waals surface area contributed by atoms with E-state index in [2.05, 4.69) is 31.8 Å². The standard InChI is InChI=1S/C21H21N5O3/c1-3-4-10-21(25-26-21)11-9-19(27)23-16-7-8-17(18(13-16)29-2)24-20(28)15-6-5-12-22-14-15/h1,5-8,12-14H,4,9-11H2,2H3,(H,23,27)(H,24,28). The van der Waals surface area contributed by atoms with Crippen LogP contribution in [0, 0.1) is 12.3 Å². The van der Waals surface area contributed by atoms with Gasteiger partial charge in [0.15, 0.2) is 5.66 Å². The van der Waals surface area contributed by atoms with Crippen LogP contribution in [0.3, 0.4) is 0 Å². The summed E-state index contributed by atoms with van der Waals surface area (Å²) in [6, 6.07) is 8.36. The van der Waals surface area contributed by atoms with Crippen molar-refractivity contribution < 1.29 is 14.3 Å². The Kier molecular flexibility index (Phi) is 6.19. The van der Waals surface area contributed by atoms with Crippen LogP contribution >= 0.6 is 0 Å². The second-order valence-electron chi connectivity index (χ2n) is 6.55. The van der Waals surface area contributed by atoms with Crippen molar-refractivity contribution in [2.75, 3.05) is 17.7 Å². The minimum absolute atomic E-state index is 0.156. The van der Waals surface area contributed by atoms with E-state index >= 15 is 0 Å². The van der Waals surface area contributed by atoms with Gasteiger partial charge in [0.1, 0.15) is 5.75 Å². The van der Waals surface area contributed by atoms with E-state index in [9.17, 15) is 9.59 Å². The third-order valence-corrected chi connectivity index (χ3v) is 4.46. The Hall–Kier alpha value is -3.73. The van der Waals surface area contributed by atoms with Gasteiger partial charge in [-0.15, -0.1) is 12.3 Å². The lowest BCUT2D eigenvalue weighted by molar-refractivity contribution is -0.116. The summed E-state index contributed by atoms with van der Waals surface area (Å²) in [5.74, 6) is 2.53. The van der Waals surface area contributed by atoms with Crippen LogP contribution in [0.15, 0.2) is 53.0 Å². The molecule has 0 fully saturated rings. The first-order valence-corrected chi connectivity index (χ1v) is 9.12. The van der Waals surface area contributed by atoms with Gasteiger partial charge in [0.05, 0.1) is 18.4 Å². The maximum Gasteiger partial charge on any atom is 0.257 e. The molecule has 1 aliphatic heterocycles. The third kappa shape index (κ3) is 5.39. The molecule has 1 aromatic carbocycles. The molecule has 1 aromatic heterocycles. The maximum absolute atomic E-state index is 12.3. The molecule has 2 amide bonds. The summed E-state index contributed by atoms with van der Waals surface area (Å²) in [6.07, 6.45) is 10.4. The highest BCUT2D eigenvalue weighted by Crippen LogP contribution is 2.37.